The van der Waals surface area contributed by atoms with E-state index >= 15 is 0 Å². The molecule has 5 rings (SSSR count). The van der Waals surface area contributed by atoms with Crippen molar-refractivity contribution in [1.82, 2.24) is 5.43 Å². The van der Waals surface area contributed by atoms with Crippen molar-refractivity contribution in [3.63, 3.8) is 0 Å². The van der Waals surface area contributed by atoms with Crippen LogP contribution in [0.25, 0.3) is 0 Å². The summed E-state index contributed by atoms with van der Waals surface area (Å²) in [7, 11) is 3.01. The quantitative estimate of drug-likeness (QED) is 0.0468. The maximum Gasteiger partial charge on any atom is 0.280 e. The van der Waals surface area contributed by atoms with Crippen LogP contribution in [0, 0.1) is 0 Å². The summed E-state index contributed by atoms with van der Waals surface area (Å²) in [4.78, 5) is 32.9. The van der Waals surface area contributed by atoms with Crippen molar-refractivity contribution in [2.75, 3.05) is 24.5 Å². The van der Waals surface area contributed by atoms with Gasteiger partial charge in [0.1, 0.15) is 34.4 Å². The molecule has 0 saturated carbocycles. The van der Waals surface area contributed by atoms with Gasteiger partial charge < -0.3 is 24.6 Å². The summed E-state index contributed by atoms with van der Waals surface area (Å²) in [6.45, 7) is 4.32. The van der Waals surface area contributed by atoms with Crippen LogP contribution in [-0.4, -0.2) is 49.1 Å². The number of nitrogens with one attached hydrogen (secondary N) is 2. The lowest BCUT2D eigenvalue weighted by molar-refractivity contribution is -0.123. The molecule has 1 aliphatic heterocycles. The molecular weight excluding hydrogens is 886 g/mol. The van der Waals surface area contributed by atoms with E-state index in [2.05, 4.69) is 34.8 Å². The zero-order valence-corrected chi connectivity index (χ0v) is 39.2. The van der Waals surface area contributed by atoms with Crippen LogP contribution in [0.15, 0.2) is 82.0 Å². The largest absolute Gasteiger partial charge is 0.508 e. The molecule has 16 heteroatoms. The van der Waals surface area contributed by atoms with Gasteiger partial charge in [0.25, 0.3) is 11.8 Å². The molecule has 3 N–H and O–H groups in total. The van der Waals surface area contributed by atoms with Gasteiger partial charge in [0, 0.05) is 16.8 Å². The van der Waals surface area contributed by atoms with E-state index in [0.717, 1.165) is 49.1 Å². The zero-order valence-electron chi connectivity index (χ0n) is 36.2. The number of phenolic OH excluding ortho intramolecular Hbond substituents is 1. The van der Waals surface area contributed by atoms with E-state index < -0.39 is 18.1 Å². The number of benzene rings is 4. The number of hydrazine groups is 1. The number of methoxy groups -OCH3 is 2. The molecule has 0 bridgehead atoms. The lowest BCUT2D eigenvalue weighted by Gasteiger charge is -2.20. The monoisotopic (exact) mass is 940 g/mol. The van der Waals surface area contributed by atoms with Gasteiger partial charge in [0.2, 0.25) is 6.04 Å². The van der Waals surface area contributed by atoms with E-state index in [0.29, 0.717) is 41.5 Å². The van der Waals surface area contributed by atoms with Crippen molar-refractivity contribution in [3.05, 3.63) is 92.4 Å². The molecule has 2 unspecified atom stereocenters. The number of carbonyl (C=O) groups is 2. The molecule has 4 aromatic rings. The van der Waals surface area contributed by atoms with Crippen molar-refractivity contribution in [2.24, 2.45) is 15.2 Å². The standard InChI is InChI=1S/C47H56Cl4N6O6/c1-5-7-9-10-11-12-13-14-15-16-18-41(63-34-21-24-40(58)30(25-34)17-8-6-2)46(59)52-32-19-22-35(49)39(28-32)53-45-43(55-54-38-23-20-33(61-3)29-42(38)62-4)47(60)57(56-45)44-36(50)26-31(48)27-37(44)51/h19-29,41,43,58H,5-18H2,1-4H3,(H,52,59)(H,53,56). The number of amidine groups is 1. The van der Waals surface area contributed by atoms with Crippen molar-refractivity contribution in [1.29, 1.82) is 0 Å². The van der Waals surface area contributed by atoms with Crippen molar-refractivity contribution < 1.29 is 28.9 Å². The Morgan fingerprint density at radius 3 is 2.11 bits per heavy atom. The first-order chi connectivity index (χ1) is 30.5. The van der Waals surface area contributed by atoms with E-state index in [1.54, 1.807) is 48.5 Å². The van der Waals surface area contributed by atoms with Gasteiger partial charge in [0.05, 0.1) is 35.0 Å². The summed E-state index contributed by atoms with van der Waals surface area (Å²) in [6.07, 6.45) is 13.8. The number of hydrogen-bond donors (Lipinski definition) is 3. The minimum Gasteiger partial charge on any atom is -0.508 e. The summed E-state index contributed by atoms with van der Waals surface area (Å²) < 4.78 is 17.2. The molecule has 0 spiro atoms. The predicted molar refractivity (Wildman–Crippen MR) is 255 cm³/mol. The lowest BCUT2D eigenvalue weighted by atomic mass is 10.0. The lowest BCUT2D eigenvalue weighted by Crippen LogP contribution is -2.36. The van der Waals surface area contributed by atoms with Crippen LogP contribution >= 0.6 is 46.4 Å². The van der Waals surface area contributed by atoms with Gasteiger partial charge in [-0.1, -0.05) is 124 Å². The zero-order chi connectivity index (χ0) is 45.3. The number of amides is 2. The van der Waals surface area contributed by atoms with Crippen LogP contribution in [0.1, 0.15) is 103 Å². The van der Waals surface area contributed by atoms with E-state index in [4.69, 9.17) is 65.6 Å². The van der Waals surface area contributed by atoms with Crippen LogP contribution in [-0.2, 0) is 16.0 Å². The topological polar surface area (TPSA) is 146 Å². The number of azo groups is 1. The first kappa shape index (κ1) is 49.3. The molecule has 1 aliphatic rings. The SMILES string of the molecule is CCCCCCCCCCCCC(Oc1ccc(O)c(CCCC)c1)C(=O)Nc1ccc(Cl)c(N=C2NN(c3c(Cl)cc(Cl)cc3Cl)C(=O)C2N=Nc2ccc(OC)cc2OC)c1. The first-order valence-corrected chi connectivity index (χ1v) is 23.0. The molecule has 0 aliphatic carbocycles. The maximum atomic E-state index is 14.1. The second-order valence-electron chi connectivity index (χ2n) is 15.3. The van der Waals surface area contributed by atoms with Gasteiger partial charge in [-0.05, 0) is 91.9 Å². The average Bonchev–Trinajstić information content (AvgIpc) is 3.56. The Morgan fingerprint density at radius 1 is 0.778 bits per heavy atom. The second kappa shape index (κ2) is 24.9. The number of hydrogen-bond acceptors (Lipinski definition) is 9. The highest BCUT2D eigenvalue weighted by atomic mass is 35.5. The number of carbonyl (C=O) groups excluding carboxylic acids is 2. The number of phenols is 1. The Morgan fingerprint density at radius 2 is 1.44 bits per heavy atom. The molecule has 1 fully saturated rings. The number of aromatic hydroxyl groups is 1. The third kappa shape index (κ3) is 14.1. The molecule has 338 valence electrons. The fraction of sp³-hybridized carbons (Fsp3) is 0.426. The molecule has 0 radical (unpaired) electrons. The van der Waals surface area contributed by atoms with Gasteiger partial charge in [0.15, 0.2) is 11.9 Å². The fourth-order valence-electron chi connectivity index (χ4n) is 7.02. The fourth-order valence-corrected chi connectivity index (χ4v) is 8.16. The van der Waals surface area contributed by atoms with Gasteiger partial charge >= 0.3 is 0 Å². The Bertz CT molecular complexity index is 2220. The summed E-state index contributed by atoms with van der Waals surface area (Å²) in [6, 6.07) is 16.5. The third-order valence-electron chi connectivity index (χ3n) is 10.5. The van der Waals surface area contributed by atoms with E-state index in [1.807, 2.05) is 6.07 Å². The highest BCUT2D eigenvalue weighted by Gasteiger charge is 2.41. The van der Waals surface area contributed by atoms with Crippen LogP contribution in [0.5, 0.6) is 23.0 Å². The molecule has 2 atom stereocenters. The number of rotatable bonds is 24. The van der Waals surface area contributed by atoms with Crippen molar-refractivity contribution in [2.45, 2.75) is 116 Å². The van der Waals surface area contributed by atoms with Gasteiger partial charge in [-0.25, -0.2) is 10.0 Å². The average molecular weight is 943 g/mol. The molecule has 1 heterocycles. The number of aryl methyl sites for hydroxylation is 1. The Labute approximate surface area is 390 Å². The van der Waals surface area contributed by atoms with E-state index in [-0.39, 0.29) is 49.0 Å². The minimum atomic E-state index is -1.32. The summed E-state index contributed by atoms with van der Waals surface area (Å²) >= 11 is 26.0. The number of nitrogens with zero attached hydrogens (tertiary/aromatic N) is 4. The maximum absolute atomic E-state index is 14.1. The van der Waals surface area contributed by atoms with Crippen LogP contribution in [0.2, 0.25) is 20.1 Å². The Kier molecular flexibility index (Phi) is 19.5. The molecular formula is C47H56Cl4N6O6. The normalized spacial score (nSPS) is 14.9. The minimum absolute atomic E-state index is 0.0389. The smallest absolute Gasteiger partial charge is 0.280 e. The van der Waals surface area contributed by atoms with Crippen molar-refractivity contribution in [3.8, 4) is 23.0 Å². The molecule has 12 nitrogen and oxygen atoms in total. The highest BCUT2D eigenvalue weighted by molar-refractivity contribution is 6.43. The number of aliphatic imine (C=N–C) groups is 1. The molecule has 1 saturated heterocycles. The summed E-state index contributed by atoms with van der Waals surface area (Å²) in [5.41, 5.74) is 4.82. The van der Waals surface area contributed by atoms with Gasteiger partial charge in [-0.15, -0.1) is 0 Å². The van der Waals surface area contributed by atoms with Gasteiger partial charge in [-0.3, -0.25) is 15.0 Å². The van der Waals surface area contributed by atoms with Crippen molar-refractivity contribution >= 4 is 86.8 Å². The molecule has 4 aromatic carbocycles. The second-order valence-corrected chi connectivity index (χ2v) is 16.9. The van der Waals surface area contributed by atoms with E-state index in [9.17, 15) is 14.7 Å². The van der Waals surface area contributed by atoms with Crippen LogP contribution in [0.4, 0.5) is 22.7 Å². The number of unbranched alkanes of at least 4 members (excludes halogenated alkanes) is 10. The van der Waals surface area contributed by atoms with E-state index in [1.165, 1.54) is 64.9 Å². The number of halogens is 4. The highest BCUT2D eigenvalue weighted by Crippen LogP contribution is 2.39. The predicted octanol–water partition coefficient (Wildman–Crippen LogP) is 13.8. The summed E-state index contributed by atoms with van der Waals surface area (Å²) in [5.74, 6) is 0.686. The van der Waals surface area contributed by atoms with Gasteiger partial charge in [-0.2, -0.15) is 10.2 Å². The van der Waals surface area contributed by atoms with Crippen LogP contribution < -0.4 is 30.0 Å². The Hall–Kier alpha value is -4.75. The third-order valence-corrected chi connectivity index (χ3v) is 11.6. The molecule has 0 aromatic heterocycles. The van der Waals surface area contributed by atoms with Crippen LogP contribution in [0.3, 0.4) is 0 Å². The summed E-state index contributed by atoms with van der Waals surface area (Å²) in [5, 5.41) is 24.1. The Balaban J connectivity index is 1.40. The number of ether oxygens (including phenoxy) is 3. The first-order valence-electron chi connectivity index (χ1n) is 21.5. The number of anilines is 2. The molecule has 2 amide bonds. The molecule has 63 heavy (non-hydrogen) atoms.